The molecule has 2 fully saturated rings. The van der Waals surface area contributed by atoms with Gasteiger partial charge in [-0.1, -0.05) is 13.3 Å². The fourth-order valence-electron chi connectivity index (χ4n) is 4.75. The highest BCUT2D eigenvalue weighted by atomic mass is 15.3. The van der Waals surface area contributed by atoms with Gasteiger partial charge in [-0.05, 0) is 64.3 Å². The second-order valence-electron chi connectivity index (χ2n) is 6.98. The monoisotopic (exact) mass is 275 g/mol. The van der Waals surface area contributed by atoms with Gasteiger partial charge in [0.15, 0.2) is 0 Å². The number of aromatic nitrogens is 2. The van der Waals surface area contributed by atoms with Gasteiger partial charge in [0.25, 0.3) is 0 Å². The number of nitrogens with zero attached hydrogens (tertiary/aromatic N) is 2. The van der Waals surface area contributed by atoms with E-state index in [1.165, 1.54) is 42.6 Å². The Kier molecular flexibility index (Phi) is 3.89. The van der Waals surface area contributed by atoms with Crippen LogP contribution in [0, 0.1) is 31.6 Å². The van der Waals surface area contributed by atoms with E-state index in [0.717, 1.165) is 30.8 Å². The maximum absolute atomic E-state index is 4.84. The predicted octanol–water partition coefficient (Wildman–Crippen LogP) is 3.61. The summed E-state index contributed by atoms with van der Waals surface area (Å²) in [5.41, 5.74) is 3.99. The van der Waals surface area contributed by atoms with Crippen LogP contribution >= 0.6 is 0 Å². The lowest BCUT2D eigenvalue weighted by Crippen LogP contribution is -2.20. The van der Waals surface area contributed by atoms with Crippen LogP contribution in [0.3, 0.4) is 0 Å². The average molecular weight is 275 g/mol. The summed E-state index contributed by atoms with van der Waals surface area (Å²) in [4.78, 5) is 0. The van der Waals surface area contributed by atoms with Crippen LogP contribution in [0.2, 0.25) is 0 Å². The summed E-state index contributed by atoms with van der Waals surface area (Å²) in [7, 11) is 0. The molecule has 0 aliphatic heterocycles. The van der Waals surface area contributed by atoms with Crippen molar-refractivity contribution >= 4 is 0 Å². The first-order chi connectivity index (χ1) is 9.60. The van der Waals surface area contributed by atoms with Gasteiger partial charge in [-0.3, -0.25) is 4.68 Å². The maximum atomic E-state index is 4.84. The molecule has 3 rings (SSSR count). The van der Waals surface area contributed by atoms with Crippen molar-refractivity contribution in [2.24, 2.45) is 17.8 Å². The molecule has 3 heteroatoms. The lowest BCUT2D eigenvalue weighted by Gasteiger charge is -2.22. The van der Waals surface area contributed by atoms with Gasteiger partial charge in [-0.25, -0.2) is 0 Å². The van der Waals surface area contributed by atoms with Crippen molar-refractivity contribution in [1.29, 1.82) is 0 Å². The van der Waals surface area contributed by atoms with Crippen LogP contribution in [0.1, 0.15) is 62.5 Å². The molecule has 0 aromatic carbocycles. The second-order valence-corrected chi connectivity index (χ2v) is 6.98. The van der Waals surface area contributed by atoms with Crippen LogP contribution in [0.25, 0.3) is 0 Å². The summed E-state index contributed by atoms with van der Waals surface area (Å²) in [6, 6.07) is 0.411. The molecule has 1 aromatic heterocycles. The van der Waals surface area contributed by atoms with E-state index < -0.39 is 0 Å². The first-order valence-electron chi connectivity index (χ1n) is 8.37. The van der Waals surface area contributed by atoms with E-state index in [9.17, 15) is 0 Å². The molecule has 3 nitrogen and oxygen atoms in total. The molecule has 4 unspecified atom stereocenters. The van der Waals surface area contributed by atoms with E-state index >= 15 is 0 Å². The Balaban J connectivity index is 1.75. The molecule has 0 spiro atoms. The highest BCUT2D eigenvalue weighted by molar-refractivity contribution is 5.27. The molecule has 1 N–H and O–H groups in total. The van der Waals surface area contributed by atoms with Crippen LogP contribution < -0.4 is 5.32 Å². The van der Waals surface area contributed by atoms with Crippen molar-refractivity contribution in [3.63, 3.8) is 0 Å². The minimum atomic E-state index is 0.411. The van der Waals surface area contributed by atoms with E-state index in [0.29, 0.717) is 6.04 Å². The smallest absolute Gasteiger partial charge is 0.0644 e. The normalized spacial score (nSPS) is 30.1. The van der Waals surface area contributed by atoms with Crippen LogP contribution in [0.15, 0.2) is 0 Å². The second kappa shape index (κ2) is 5.51. The molecule has 1 heterocycles. The van der Waals surface area contributed by atoms with Crippen LogP contribution in [-0.2, 0) is 6.54 Å². The van der Waals surface area contributed by atoms with Gasteiger partial charge in [0.2, 0.25) is 0 Å². The summed E-state index contributed by atoms with van der Waals surface area (Å²) in [6.45, 7) is 11.0. The summed E-state index contributed by atoms with van der Waals surface area (Å²) in [5, 5.41) is 8.36. The number of aryl methyl sites for hydroxylation is 1. The summed E-state index contributed by atoms with van der Waals surface area (Å²) >= 11 is 0. The summed E-state index contributed by atoms with van der Waals surface area (Å²) < 4.78 is 2.30. The zero-order valence-electron chi connectivity index (χ0n) is 13.4. The maximum Gasteiger partial charge on any atom is 0.0644 e. The minimum absolute atomic E-state index is 0.411. The molecule has 112 valence electrons. The fraction of sp³-hybridized carbons (Fsp3) is 0.824. The minimum Gasteiger partial charge on any atom is -0.310 e. The quantitative estimate of drug-likeness (QED) is 0.889. The number of fused-ring (bicyclic) bond motifs is 2. The van der Waals surface area contributed by atoms with E-state index in [1.54, 1.807) is 0 Å². The first-order valence-corrected chi connectivity index (χ1v) is 8.37. The SMILES string of the molecule is CCNC(C)c1c(C)nn(CC2CC3CCC2C3)c1C. The largest absolute Gasteiger partial charge is 0.310 e. The molecule has 4 atom stereocenters. The molecule has 2 aliphatic carbocycles. The standard InChI is InChI=1S/C17H29N3/c1-5-18-11(2)17-12(3)19-20(13(17)4)10-16-9-14-6-7-15(16)8-14/h11,14-16,18H,5-10H2,1-4H3. The number of nitrogens with one attached hydrogen (secondary N) is 1. The van der Waals surface area contributed by atoms with Gasteiger partial charge in [0, 0.05) is 23.8 Å². The molecule has 0 amide bonds. The molecule has 2 saturated carbocycles. The molecule has 2 aliphatic rings. The van der Waals surface area contributed by atoms with Crippen LogP contribution in [-0.4, -0.2) is 16.3 Å². The highest BCUT2D eigenvalue weighted by Crippen LogP contribution is 2.48. The van der Waals surface area contributed by atoms with E-state index in [4.69, 9.17) is 5.10 Å². The van der Waals surface area contributed by atoms with Crippen molar-refractivity contribution in [1.82, 2.24) is 15.1 Å². The Morgan fingerprint density at radius 1 is 1.30 bits per heavy atom. The summed E-state index contributed by atoms with van der Waals surface area (Å²) in [6.07, 6.45) is 5.89. The average Bonchev–Trinajstić information content (AvgIpc) is 3.06. The molecule has 0 saturated heterocycles. The molecular weight excluding hydrogens is 246 g/mol. The number of hydrogen-bond acceptors (Lipinski definition) is 2. The molecule has 2 bridgehead atoms. The lowest BCUT2D eigenvalue weighted by atomic mass is 9.89. The van der Waals surface area contributed by atoms with Gasteiger partial charge in [-0.15, -0.1) is 0 Å². The highest BCUT2D eigenvalue weighted by Gasteiger charge is 2.39. The van der Waals surface area contributed by atoms with Crippen molar-refractivity contribution in [3.05, 3.63) is 17.0 Å². The number of hydrogen-bond donors (Lipinski definition) is 1. The van der Waals surface area contributed by atoms with E-state index in [-0.39, 0.29) is 0 Å². The van der Waals surface area contributed by atoms with Gasteiger partial charge >= 0.3 is 0 Å². The molecule has 1 aromatic rings. The third-order valence-electron chi connectivity index (χ3n) is 5.67. The van der Waals surface area contributed by atoms with Crippen LogP contribution in [0.4, 0.5) is 0 Å². The lowest BCUT2D eigenvalue weighted by molar-refractivity contribution is 0.283. The van der Waals surface area contributed by atoms with Crippen molar-refractivity contribution in [2.75, 3.05) is 6.54 Å². The fourth-order valence-corrected chi connectivity index (χ4v) is 4.75. The Hall–Kier alpha value is -0.830. The first kappa shape index (κ1) is 14.1. The molecule has 0 radical (unpaired) electrons. The van der Waals surface area contributed by atoms with E-state index in [2.05, 4.69) is 37.7 Å². The zero-order chi connectivity index (χ0) is 14.3. The van der Waals surface area contributed by atoms with Gasteiger partial charge in [0.05, 0.1) is 5.69 Å². The zero-order valence-corrected chi connectivity index (χ0v) is 13.4. The molecular formula is C17H29N3. The van der Waals surface area contributed by atoms with Gasteiger partial charge in [-0.2, -0.15) is 5.10 Å². The van der Waals surface area contributed by atoms with Crippen molar-refractivity contribution in [3.8, 4) is 0 Å². The topological polar surface area (TPSA) is 29.9 Å². The van der Waals surface area contributed by atoms with Crippen LogP contribution in [0.5, 0.6) is 0 Å². The third-order valence-corrected chi connectivity index (χ3v) is 5.67. The Morgan fingerprint density at radius 2 is 2.10 bits per heavy atom. The Morgan fingerprint density at radius 3 is 2.70 bits per heavy atom. The Bertz CT molecular complexity index is 477. The number of rotatable bonds is 5. The van der Waals surface area contributed by atoms with Crippen molar-refractivity contribution < 1.29 is 0 Å². The molecule has 20 heavy (non-hydrogen) atoms. The van der Waals surface area contributed by atoms with E-state index in [1.807, 2.05) is 0 Å². The van der Waals surface area contributed by atoms with Gasteiger partial charge < -0.3 is 5.32 Å². The summed E-state index contributed by atoms with van der Waals surface area (Å²) in [5.74, 6) is 2.90. The van der Waals surface area contributed by atoms with Crippen molar-refractivity contribution in [2.45, 2.75) is 66.0 Å². The predicted molar refractivity (Wildman–Crippen MR) is 82.7 cm³/mol. The van der Waals surface area contributed by atoms with Gasteiger partial charge in [0.1, 0.15) is 0 Å². The third kappa shape index (κ3) is 2.41. The Labute approximate surface area is 123 Å².